The van der Waals surface area contributed by atoms with Gasteiger partial charge in [0, 0.05) is 6.04 Å². The van der Waals surface area contributed by atoms with Crippen LogP contribution in [-0.2, 0) is 0 Å². The van der Waals surface area contributed by atoms with Crippen LogP contribution in [0.4, 0.5) is 4.39 Å². The first-order chi connectivity index (χ1) is 9.63. The molecule has 0 saturated carbocycles. The third-order valence-electron chi connectivity index (χ3n) is 3.72. The minimum Gasteiger partial charge on any atom is -0.493 e. The number of benzene rings is 1. The molecule has 1 aromatic rings. The van der Waals surface area contributed by atoms with Crippen LogP contribution in [0.25, 0.3) is 0 Å². The highest BCUT2D eigenvalue weighted by molar-refractivity contribution is 5.99. The molecule has 0 aliphatic carbocycles. The van der Waals surface area contributed by atoms with Crippen LogP contribution in [0.15, 0.2) is 23.4 Å². The molecule has 0 aromatic heterocycles. The van der Waals surface area contributed by atoms with E-state index in [2.05, 4.69) is 17.1 Å². The maximum absolute atomic E-state index is 13.7. The smallest absolute Gasteiger partial charge is 0.176 e. The van der Waals surface area contributed by atoms with E-state index in [1.165, 1.54) is 12.5 Å². The molecule has 3 N–H and O–H groups in total. The number of amidine groups is 1. The van der Waals surface area contributed by atoms with E-state index >= 15 is 0 Å². The number of rotatable bonds is 5. The summed E-state index contributed by atoms with van der Waals surface area (Å²) in [5.41, 5.74) is 5.49. The molecule has 0 bridgehead atoms. The fourth-order valence-corrected chi connectivity index (χ4v) is 2.57. The van der Waals surface area contributed by atoms with Crippen molar-refractivity contribution in [3.8, 4) is 5.75 Å². The van der Waals surface area contributed by atoms with Crippen LogP contribution >= 0.6 is 0 Å². The molecule has 1 fully saturated rings. The number of hydrogen-bond donors (Lipinski definition) is 2. The standard InChI is InChI=1S/C14H20FN3O2/c1-18-8-3-4-10(18)7-9-20-12-6-2-5-11(15)13(12)14(16)17-19/h2,5-6,10,19H,3-4,7-9H2,1H3,(H2,16,17). The second-order valence-corrected chi connectivity index (χ2v) is 5.01. The molecular weight excluding hydrogens is 261 g/mol. The van der Waals surface area contributed by atoms with Crippen molar-refractivity contribution < 1.29 is 14.3 Å². The number of oxime groups is 1. The Labute approximate surface area is 117 Å². The molecule has 5 nitrogen and oxygen atoms in total. The average Bonchev–Trinajstić information content (AvgIpc) is 2.84. The Balaban J connectivity index is 2.00. The number of nitrogens with two attached hydrogens (primary N) is 1. The number of likely N-dealkylation sites (tertiary alicyclic amines) is 1. The van der Waals surface area contributed by atoms with Crippen LogP contribution in [0.1, 0.15) is 24.8 Å². The summed E-state index contributed by atoms with van der Waals surface area (Å²) in [6, 6.07) is 4.93. The summed E-state index contributed by atoms with van der Waals surface area (Å²) in [4.78, 5) is 2.30. The predicted octanol–water partition coefficient (Wildman–Crippen LogP) is 1.78. The molecule has 1 heterocycles. The van der Waals surface area contributed by atoms with Gasteiger partial charge in [-0.3, -0.25) is 0 Å². The normalized spacial score (nSPS) is 20.3. The van der Waals surface area contributed by atoms with Crippen LogP contribution in [0, 0.1) is 5.82 Å². The van der Waals surface area contributed by atoms with Crippen molar-refractivity contribution in [1.82, 2.24) is 4.90 Å². The molecule has 110 valence electrons. The van der Waals surface area contributed by atoms with Gasteiger partial charge in [-0.05, 0) is 45.0 Å². The molecular formula is C14H20FN3O2. The van der Waals surface area contributed by atoms with E-state index < -0.39 is 5.82 Å². The summed E-state index contributed by atoms with van der Waals surface area (Å²) in [6.45, 7) is 1.59. The second-order valence-electron chi connectivity index (χ2n) is 5.01. The lowest BCUT2D eigenvalue weighted by molar-refractivity contribution is 0.232. The zero-order valence-corrected chi connectivity index (χ0v) is 11.6. The van der Waals surface area contributed by atoms with Gasteiger partial charge < -0.3 is 20.6 Å². The molecule has 1 saturated heterocycles. The zero-order chi connectivity index (χ0) is 14.5. The molecule has 20 heavy (non-hydrogen) atoms. The third-order valence-corrected chi connectivity index (χ3v) is 3.72. The lowest BCUT2D eigenvalue weighted by atomic mass is 10.1. The summed E-state index contributed by atoms with van der Waals surface area (Å²) < 4.78 is 19.3. The summed E-state index contributed by atoms with van der Waals surface area (Å²) in [7, 11) is 2.10. The Hall–Kier alpha value is -1.82. The van der Waals surface area contributed by atoms with Crippen molar-refractivity contribution in [2.24, 2.45) is 10.9 Å². The van der Waals surface area contributed by atoms with Crippen molar-refractivity contribution in [1.29, 1.82) is 0 Å². The first-order valence-corrected chi connectivity index (χ1v) is 6.73. The van der Waals surface area contributed by atoms with Crippen molar-refractivity contribution >= 4 is 5.84 Å². The molecule has 6 heteroatoms. The van der Waals surface area contributed by atoms with E-state index in [1.807, 2.05) is 0 Å². The molecule has 1 unspecified atom stereocenters. The minimum absolute atomic E-state index is 0.00905. The van der Waals surface area contributed by atoms with Crippen LogP contribution < -0.4 is 10.5 Å². The SMILES string of the molecule is CN1CCCC1CCOc1cccc(F)c1C(N)=NO. The Morgan fingerprint density at radius 3 is 3.05 bits per heavy atom. The summed E-state index contributed by atoms with van der Waals surface area (Å²) >= 11 is 0. The van der Waals surface area contributed by atoms with E-state index in [4.69, 9.17) is 15.7 Å². The Morgan fingerprint density at radius 2 is 2.40 bits per heavy atom. The second kappa shape index (κ2) is 6.56. The Bertz CT molecular complexity index is 493. The zero-order valence-electron chi connectivity index (χ0n) is 11.6. The van der Waals surface area contributed by atoms with E-state index in [-0.39, 0.29) is 11.4 Å². The lowest BCUT2D eigenvalue weighted by Crippen LogP contribution is -2.26. The van der Waals surface area contributed by atoms with Gasteiger partial charge in [-0.1, -0.05) is 11.2 Å². The minimum atomic E-state index is -0.559. The van der Waals surface area contributed by atoms with Crippen molar-refractivity contribution in [3.05, 3.63) is 29.6 Å². The molecule has 0 spiro atoms. The van der Waals surface area contributed by atoms with Gasteiger partial charge in [0.1, 0.15) is 11.6 Å². The monoisotopic (exact) mass is 281 g/mol. The first kappa shape index (κ1) is 14.6. The number of nitrogens with zero attached hydrogens (tertiary/aromatic N) is 2. The van der Waals surface area contributed by atoms with Gasteiger partial charge in [-0.2, -0.15) is 0 Å². The van der Waals surface area contributed by atoms with Crippen molar-refractivity contribution in [2.45, 2.75) is 25.3 Å². The highest BCUT2D eigenvalue weighted by Crippen LogP contribution is 2.23. The van der Waals surface area contributed by atoms with Gasteiger partial charge in [0.25, 0.3) is 0 Å². The third kappa shape index (κ3) is 3.19. The summed E-state index contributed by atoms with van der Waals surface area (Å²) in [5, 5.41) is 11.5. The predicted molar refractivity (Wildman–Crippen MR) is 74.7 cm³/mol. The van der Waals surface area contributed by atoms with Crippen LogP contribution in [0.3, 0.4) is 0 Å². The average molecular weight is 281 g/mol. The van der Waals surface area contributed by atoms with Gasteiger partial charge in [0.2, 0.25) is 0 Å². The number of hydrogen-bond acceptors (Lipinski definition) is 4. The molecule has 1 atom stereocenters. The Kier molecular flexibility index (Phi) is 4.79. The maximum atomic E-state index is 13.7. The van der Waals surface area contributed by atoms with E-state index in [0.717, 1.165) is 19.4 Å². The molecule has 0 radical (unpaired) electrons. The quantitative estimate of drug-likeness (QED) is 0.373. The summed E-state index contributed by atoms with van der Waals surface area (Å²) in [6.07, 6.45) is 3.25. The van der Waals surface area contributed by atoms with Crippen molar-refractivity contribution in [2.75, 3.05) is 20.2 Å². The highest BCUT2D eigenvalue weighted by Gasteiger charge is 2.21. The molecule has 1 aromatic carbocycles. The van der Waals surface area contributed by atoms with Crippen LogP contribution in [0.2, 0.25) is 0 Å². The number of halogens is 1. The highest BCUT2D eigenvalue weighted by atomic mass is 19.1. The van der Waals surface area contributed by atoms with E-state index in [1.54, 1.807) is 12.1 Å². The largest absolute Gasteiger partial charge is 0.493 e. The van der Waals surface area contributed by atoms with Gasteiger partial charge in [-0.15, -0.1) is 0 Å². The Morgan fingerprint density at radius 1 is 1.60 bits per heavy atom. The van der Waals surface area contributed by atoms with Gasteiger partial charge >= 0.3 is 0 Å². The fourth-order valence-electron chi connectivity index (χ4n) is 2.57. The molecule has 1 aliphatic heterocycles. The molecule has 2 rings (SSSR count). The molecule has 1 aliphatic rings. The van der Waals surface area contributed by atoms with Crippen molar-refractivity contribution in [3.63, 3.8) is 0 Å². The van der Waals surface area contributed by atoms with Gasteiger partial charge in [0.05, 0.1) is 12.2 Å². The molecule has 0 amide bonds. The summed E-state index contributed by atoms with van der Waals surface area (Å²) in [5.74, 6) is -0.534. The lowest BCUT2D eigenvalue weighted by Gasteiger charge is -2.19. The van der Waals surface area contributed by atoms with E-state index in [9.17, 15) is 4.39 Å². The fraction of sp³-hybridized carbons (Fsp3) is 0.500. The van der Waals surface area contributed by atoms with Crippen LogP contribution in [-0.4, -0.2) is 42.2 Å². The first-order valence-electron chi connectivity index (χ1n) is 6.73. The topological polar surface area (TPSA) is 71.1 Å². The van der Waals surface area contributed by atoms with Gasteiger partial charge in [-0.25, -0.2) is 4.39 Å². The van der Waals surface area contributed by atoms with Gasteiger partial charge in [0.15, 0.2) is 5.84 Å². The van der Waals surface area contributed by atoms with Crippen LogP contribution in [0.5, 0.6) is 5.75 Å². The maximum Gasteiger partial charge on any atom is 0.176 e. The number of ether oxygens (including phenoxy) is 1. The van der Waals surface area contributed by atoms with E-state index in [0.29, 0.717) is 18.4 Å².